The van der Waals surface area contributed by atoms with Gasteiger partial charge >= 0.3 is 12.0 Å². The van der Waals surface area contributed by atoms with Crippen LogP contribution in [0.1, 0.15) is 44.6 Å². The van der Waals surface area contributed by atoms with Crippen LogP contribution >= 0.6 is 0 Å². The van der Waals surface area contributed by atoms with Gasteiger partial charge in [-0.25, -0.2) is 4.79 Å². The number of carbonyl (C=O) groups excluding carboxylic acids is 2. The molecule has 0 aromatic heterocycles. The van der Waals surface area contributed by atoms with Crippen LogP contribution in [0.3, 0.4) is 0 Å². The lowest BCUT2D eigenvalue weighted by Crippen LogP contribution is -2.40. The Balaban J connectivity index is 1.52. The monoisotopic (exact) mass is 373 g/mol. The van der Waals surface area contributed by atoms with Gasteiger partial charge in [-0.1, -0.05) is 25.0 Å². The maximum atomic E-state index is 12.3. The third-order valence-corrected chi connectivity index (χ3v) is 5.64. The van der Waals surface area contributed by atoms with Crippen molar-refractivity contribution in [2.24, 2.45) is 11.3 Å². The van der Waals surface area contributed by atoms with Gasteiger partial charge in [-0.05, 0) is 43.9 Å². The number of amides is 3. The normalized spacial score (nSPS) is 22.6. The second kappa shape index (κ2) is 7.98. The van der Waals surface area contributed by atoms with Crippen LogP contribution in [0.15, 0.2) is 24.3 Å². The van der Waals surface area contributed by atoms with Gasteiger partial charge in [-0.15, -0.1) is 0 Å². The minimum absolute atomic E-state index is 0.0682. The van der Waals surface area contributed by atoms with Crippen LogP contribution in [0.25, 0.3) is 0 Å². The van der Waals surface area contributed by atoms with E-state index in [4.69, 9.17) is 0 Å². The number of carboxylic acid groups (broad SMARTS) is 1. The number of benzene rings is 1. The number of hydrogen-bond acceptors (Lipinski definition) is 3. The molecular formula is C20H27N3O4. The van der Waals surface area contributed by atoms with E-state index >= 15 is 0 Å². The second-order valence-electron chi connectivity index (χ2n) is 7.87. The summed E-state index contributed by atoms with van der Waals surface area (Å²) in [6.07, 6.45) is 4.58. The summed E-state index contributed by atoms with van der Waals surface area (Å²) in [6.45, 7) is 2.64. The Morgan fingerprint density at radius 2 is 2.00 bits per heavy atom. The number of rotatable bonds is 5. The molecule has 7 nitrogen and oxygen atoms in total. The number of urea groups is 1. The third kappa shape index (κ3) is 4.59. The zero-order valence-electron chi connectivity index (χ0n) is 15.7. The van der Waals surface area contributed by atoms with Crippen molar-refractivity contribution in [2.75, 3.05) is 18.4 Å². The van der Waals surface area contributed by atoms with Crippen molar-refractivity contribution in [3.05, 3.63) is 29.8 Å². The van der Waals surface area contributed by atoms with E-state index in [2.05, 4.69) is 10.6 Å². The highest BCUT2D eigenvalue weighted by atomic mass is 16.4. The van der Waals surface area contributed by atoms with Gasteiger partial charge in [-0.2, -0.15) is 0 Å². The van der Waals surface area contributed by atoms with E-state index in [1.807, 2.05) is 24.3 Å². The number of carbonyl (C=O) groups is 3. The van der Waals surface area contributed by atoms with Crippen molar-refractivity contribution in [2.45, 2.75) is 45.6 Å². The van der Waals surface area contributed by atoms with E-state index in [1.165, 1.54) is 0 Å². The van der Waals surface area contributed by atoms with Crippen LogP contribution in [-0.4, -0.2) is 41.0 Å². The molecule has 3 N–H and O–H groups in total. The number of carboxylic acids is 1. The summed E-state index contributed by atoms with van der Waals surface area (Å²) < 4.78 is 0. The van der Waals surface area contributed by atoms with Gasteiger partial charge in [0.15, 0.2) is 0 Å². The first-order valence-corrected chi connectivity index (χ1v) is 9.53. The minimum atomic E-state index is -0.873. The maximum Gasteiger partial charge on any atom is 0.317 e. The van der Waals surface area contributed by atoms with Crippen molar-refractivity contribution in [1.82, 2.24) is 10.2 Å². The van der Waals surface area contributed by atoms with Gasteiger partial charge in [-0.3, -0.25) is 9.59 Å². The predicted octanol–water partition coefficient (Wildman–Crippen LogP) is 2.82. The molecule has 3 rings (SSSR count). The molecule has 0 radical (unpaired) electrons. The van der Waals surface area contributed by atoms with Gasteiger partial charge in [0, 0.05) is 31.2 Å². The Morgan fingerprint density at radius 1 is 1.26 bits per heavy atom. The summed E-state index contributed by atoms with van der Waals surface area (Å²) in [6, 6.07) is 7.18. The number of likely N-dealkylation sites (tertiary alicyclic amines) is 1. The van der Waals surface area contributed by atoms with Gasteiger partial charge in [0.2, 0.25) is 5.91 Å². The van der Waals surface area contributed by atoms with Crippen LogP contribution in [-0.2, 0) is 16.1 Å². The van der Waals surface area contributed by atoms with Crippen LogP contribution in [0.4, 0.5) is 10.5 Å². The highest BCUT2D eigenvalue weighted by molar-refractivity contribution is 5.92. The fourth-order valence-corrected chi connectivity index (χ4v) is 3.79. The first-order chi connectivity index (χ1) is 12.9. The van der Waals surface area contributed by atoms with Gasteiger partial charge in [0.05, 0.1) is 5.41 Å². The van der Waals surface area contributed by atoms with Gasteiger partial charge in [0.1, 0.15) is 0 Å². The highest BCUT2D eigenvalue weighted by Crippen LogP contribution is 2.30. The van der Waals surface area contributed by atoms with E-state index in [-0.39, 0.29) is 24.4 Å². The van der Waals surface area contributed by atoms with Crippen molar-refractivity contribution < 1.29 is 19.5 Å². The molecule has 1 heterocycles. The van der Waals surface area contributed by atoms with Gasteiger partial charge < -0.3 is 20.6 Å². The molecule has 1 saturated heterocycles. The Labute approximate surface area is 159 Å². The lowest BCUT2D eigenvalue weighted by molar-refractivity contribution is -0.147. The fourth-order valence-electron chi connectivity index (χ4n) is 3.79. The first-order valence-electron chi connectivity index (χ1n) is 9.53. The molecule has 1 atom stereocenters. The average Bonchev–Trinajstić information content (AvgIpc) is 3.30. The smallest absolute Gasteiger partial charge is 0.317 e. The number of nitrogens with one attached hydrogen (secondary N) is 2. The molecule has 1 unspecified atom stereocenters. The topological polar surface area (TPSA) is 98.7 Å². The lowest BCUT2D eigenvalue weighted by Gasteiger charge is -2.20. The molecule has 2 fully saturated rings. The van der Waals surface area contributed by atoms with Crippen LogP contribution in [0.2, 0.25) is 0 Å². The molecule has 1 aromatic carbocycles. The molecular weight excluding hydrogens is 346 g/mol. The first kappa shape index (κ1) is 19.2. The molecule has 1 saturated carbocycles. The second-order valence-corrected chi connectivity index (χ2v) is 7.87. The van der Waals surface area contributed by atoms with Crippen LogP contribution in [0, 0.1) is 11.3 Å². The molecule has 0 bridgehead atoms. The molecule has 27 heavy (non-hydrogen) atoms. The number of nitrogens with zero attached hydrogens (tertiary/aromatic N) is 1. The summed E-state index contributed by atoms with van der Waals surface area (Å²) in [4.78, 5) is 37.4. The van der Waals surface area contributed by atoms with Crippen molar-refractivity contribution >= 4 is 23.6 Å². The van der Waals surface area contributed by atoms with E-state index in [1.54, 1.807) is 11.8 Å². The quantitative estimate of drug-likeness (QED) is 0.739. The standard InChI is InChI=1S/C20H27N3O4/c1-20(18(25)26)9-10-23(13-20)19(27)21-12-14-5-4-8-16(11-14)22-17(24)15-6-2-3-7-15/h4-5,8,11,15H,2-3,6-7,9-10,12-13H2,1H3,(H,21,27)(H,22,24)(H,25,26). The maximum absolute atomic E-state index is 12.3. The van der Waals surface area contributed by atoms with Gasteiger partial charge in [0.25, 0.3) is 0 Å². The minimum Gasteiger partial charge on any atom is -0.481 e. The largest absolute Gasteiger partial charge is 0.481 e. The highest BCUT2D eigenvalue weighted by Gasteiger charge is 2.42. The predicted molar refractivity (Wildman–Crippen MR) is 101 cm³/mol. The Morgan fingerprint density at radius 3 is 2.67 bits per heavy atom. The van der Waals surface area contributed by atoms with Crippen molar-refractivity contribution in [3.8, 4) is 0 Å². The lowest BCUT2D eigenvalue weighted by atomic mass is 9.90. The van der Waals surface area contributed by atoms with Crippen molar-refractivity contribution in [3.63, 3.8) is 0 Å². The summed E-state index contributed by atoms with van der Waals surface area (Å²) >= 11 is 0. The molecule has 3 amide bonds. The summed E-state index contributed by atoms with van der Waals surface area (Å²) in [5.41, 5.74) is 0.743. The SMILES string of the molecule is CC1(C(=O)O)CCN(C(=O)NCc2cccc(NC(=O)C3CCCC3)c2)C1. The summed E-state index contributed by atoms with van der Waals surface area (Å²) in [7, 11) is 0. The van der Waals surface area contributed by atoms with E-state index in [0.29, 0.717) is 19.5 Å². The van der Waals surface area contributed by atoms with E-state index in [0.717, 1.165) is 36.9 Å². The Kier molecular flexibility index (Phi) is 5.68. The summed E-state index contributed by atoms with van der Waals surface area (Å²) in [5, 5.41) is 15.1. The average molecular weight is 373 g/mol. The van der Waals surface area contributed by atoms with E-state index in [9.17, 15) is 19.5 Å². The molecule has 1 aliphatic heterocycles. The number of anilines is 1. The number of aliphatic carboxylic acids is 1. The van der Waals surface area contributed by atoms with Crippen molar-refractivity contribution in [1.29, 1.82) is 0 Å². The third-order valence-electron chi connectivity index (χ3n) is 5.64. The zero-order chi connectivity index (χ0) is 19.4. The summed E-state index contributed by atoms with van der Waals surface area (Å²) in [5.74, 6) is -0.700. The molecule has 2 aliphatic rings. The molecule has 7 heteroatoms. The van der Waals surface area contributed by atoms with Crippen LogP contribution in [0.5, 0.6) is 0 Å². The van der Waals surface area contributed by atoms with Crippen LogP contribution < -0.4 is 10.6 Å². The Bertz CT molecular complexity index is 730. The molecule has 0 spiro atoms. The number of hydrogen-bond donors (Lipinski definition) is 3. The fraction of sp³-hybridized carbons (Fsp3) is 0.550. The van der Waals surface area contributed by atoms with E-state index < -0.39 is 11.4 Å². The Hall–Kier alpha value is -2.57. The molecule has 1 aromatic rings. The molecule has 1 aliphatic carbocycles. The zero-order valence-corrected chi connectivity index (χ0v) is 15.7. The molecule has 146 valence electrons.